The summed E-state index contributed by atoms with van der Waals surface area (Å²) in [6.45, 7) is 0.303. The van der Waals surface area contributed by atoms with Gasteiger partial charge in [-0.1, -0.05) is 28.1 Å². The molecule has 0 spiro atoms. The standard InChI is InChI=1S/C16H14BrFN2O4S/c17-15-9-10-19(16(15)11-1-3-12(18)4-2-11)25(23,24)14-7-5-13(6-8-14)20(21)22/h1-8,15-16H,9-10H2/t15-,16+/m1/s1. The quantitative estimate of drug-likeness (QED) is 0.422. The van der Waals surface area contributed by atoms with Crippen LogP contribution < -0.4 is 0 Å². The molecule has 2 aromatic carbocycles. The highest BCUT2D eigenvalue weighted by Gasteiger charge is 2.41. The zero-order valence-corrected chi connectivity index (χ0v) is 15.3. The monoisotopic (exact) mass is 428 g/mol. The third-order valence-corrected chi connectivity index (χ3v) is 7.00. The number of nitro groups is 1. The van der Waals surface area contributed by atoms with Gasteiger partial charge in [0.15, 0.2) is 0 Å². The van der Waals surface area contributed by atoms with Gasteiger partial charge < -0.3 is 0 Å². The predicted molar refractivity (Wildman–Crippen MR) is 93.5 cm³/mol. The van der Waals surface area contributed by atoms with E-state index in [-0.39, 0.29) is 15.4 Å². The van der Waals surface area contributed by atoms with Crippen LogP contribution in [0.25, 0.3) is 0 Å². The molecule has 0 amide bonds. The Morgan fingerprint density at radius 3 is 2.28 bits per heavy atom. The molecule has 2 aromatic rings. The van der Waals surface area contributed by atoms with E-state index in [0.29, 0.717) is 18.5 Å². The van der Waals surface area contributed by atoms with Crippen molar-refractivity contribution in [2.24, 2.45) is 0 Å². The molecule has 3 rings (SSSR count). The van der Waals surface area contributed by atoms with Crippen LogP contribution in [0.3, 0.4) is 0 Å². The molecule has 25 heavy (non-hydrogen) atoms. The molecule has 0 saturated carbocycles. The van der Waals surface area contributed by atoms with E-state index in [9.17, 15) is 22.9 Å². The van der Waals surface area contributed by atoms with Crippen molar-refractivity contribution in [3.63, 3.8) is 0 Å². The van der Waals surface area contributed by atoms with Gasteiger partial charge in [-0.05, 0) is 36.2 Å². The molecule has 9 heteroatoms. The van der Waals surface area contributed by atoms with Crippen molar-refractivity contribution in [1.82, 2.24) is 4.31 Å². The molecule has 132 valence electrons. The molecule has 0 radical (unpaired) electrons. The first-order chi connectivity index (χ1) is 11.8. The van der Waals surface area contributed by atoms with Gasteiger partial charge in [0.1, 0.15) is 5.82 Å². The van der Waals surface area contributed by atoms with E-state index >= 15 is 0 Å². The number of sulfonamides is 1. The van der Waals surface area contributed by atoms with Crippen LogP contribution in [0.4, 0.5) is 10.1 Å². The van der Waals surface area contributed by atoms with Gasteiger partial charge in [0.25, 0.3) is 5.69 Å². The second-order valence-electron chi connectivity index (χ2n) is 5.67. The van der Waals surface area contributed by atoms with E-state index in [0.717, 1.165) is 0 Å². The molecule has 0 unspecified atom stereocenters. The van der Waals surface area contributed by atoms with Crippen LogP contribution in [0.1, 0.15) is 18.0 Å². The molecule has 0 aromatic heterocycles. The molecule has 6 nitrogen and oxygen atoms in total. The minimum Gasteiger partial charge on any atom is -0.258 e. The summed E-state index contributed by atoms with van der Waals surface area (Å²) >= 11 is 3.51. The van der Waals surface area contributed by atoms with Crippen LogP contribution in [0.15, 0.2) is 53.4 Å². The number of hydrogen-bond acceptors (Lipinski definition) is 4. The van der Waals surface area contributed by atoms with Crippen LogP contribution in [0.5, 0.6) is 0 Å². The number of hydrogen-bond donors (Lipinski definition) is 0. The Kier molecular flexibility index (Phi) is 4.90. The van der Waals surface area contributed by atoms with Gasteiger partial charge in [-0.3, -0.25) is 10.1 Å². The third kappa shape index (κ3) is 3.44. The Hall–Kier alpha value is -1.84. The Labute approximate surface area is 152 Å². The van der Waals surface area contributed by atoms with Crippen molar-refractivity contribution in [2.45, 2.75) is 22.2 Å². The first-order valence-corrected chi connectivity index (χ1v) is 9.82. The summed E-state index contributed by atoms with van der Waals surface area (Å²) in [4.78, 5) is 10.0. The largest absolute Gasteiger partial charge is 0.269 e. The maximum atomic E-state index is 13.2. The van der Waals surface area contributed by atoms with Crippen molar-refractivity contribution in [2.75, 3.05) is 6.54 Å². The summed E-state index contributed by atoms with van der Waals surface area (Å²) in [5.74, 6) is -0.391. The summed E-state index contributed by atoms with van der Waals surface area (Å²) in [5.41, 5.74) is 0.514. The van der Waals surface area contributed by atoms with Crippen LogP contribution in [-0.4, -0.2) is 29.0 Å². The number of halogens is 2. The molecule has 1 saturated heterocycles. The number of nitro benzene ring substituents is 1. The Bertz CT molecular complexity index is 887. The summed E-state index contributed by atoms with van der Waals surface area (Å²) in [7, 11) is -3.83. The SMILES string of the molecule is O=[N+]([O-])c1ccc(S(=O)(=O)N2CC[C@@H](Br)[C@@H]2c2ccc(F)cc2)cc1. The highest BCUT2D eigenvalue weighted by molar-refractivity contribution is 9.09. The predicted octanol–water partition coefficient (Wildman–Crippen LogP) is 3.63. The van der Waals surface area contributed by atoms with E-state index in [1.165, 1.54) is 40.7 Å². The van der Waals surface area contributed by atoms with Crippen LogP contribution >= 0.6 is 15.9 Å². The molecule has 1 heterocycles. The fraction of sp³-hybridized carbons (Fsp3) is 0.250. The molecule has 1 aliphatic heterocycles. The molecule has 1 fully saturated rings. The van der Waals surface area contributed by atoms with Crippen molar-refractivity contribution in [3.8, 4) is 0 Å². The van der Waals surface area contributed by atoms with Gasteiger partial charge in [0, 0.05) is 23.5 Å². The summed E-state index contributed by atoms with van der Waals surface area (Å²) in [6.07, 6.45) is 0.605. The lowest BCUT2D eigenvalue weighted by Gasteiger charge is -2.26. The van der Waals surface area contributed by atoms with Gasteiger partial charge in [-0.2, -0.15) is 4.31 Å². The third-order valence-electron chi connectivity index (χ3n) is 4.14. The van der Waals surface area contributed by atoms with Gasteiger partial charge in [0.2, 0.25) is 10.0 Å². The number of rotatable bonds is 4. The average Bonchev–Trinajstić information content (AvgIpc) is 2.98. The van der Waals surface area contributed by atoms with Crippen LogP contribution in [0.2, 0.25) is 0 Å². The van der Waals surface area contributed by atoms with Crippen LogP contribution in [0, 0.1) is 15.9 Å². The van der Waals surface area contributed by atoms with Gasteiger partial charge >= 0.3 is 0 Å². The topological polar surface area (TPSA) is 80.5 Å². The normalized spacial score (nSPS) is 21.4. The lowest BCUT2D eigenvalue weighted by atomic mass is 10.1. The van der Waals surface area contributed by atoms with Gasteiger partial charge in [0.05, 0.1) is 15.9 Å². The zero-order chi connectivity index (χ0) is 18.2. The van der Waals surface area contributed by atoms with Crippen molar-refractivity contribution in [3.05, 3.63) is 70.0 Å². The highest BCUT2D eigenvalue weighted by atomic mass is 79.9. The van der Waals surface area contributed by atoms with Crippen molar-refractivity contribution >= 4 is 31.6 Å². The van der Waals surface area contributed by atoms with Crippen molar-refractivity contribution < 1.29 is 17.7 Å². The van der Waals surface area contributed by atoms with Gasteiger partial charge in [-0.25, -0.2) is 12.8 Å². The lowest BCUT2D eigenvalue weighted by molar-refractivity contribution is -0.384. The van der Waals surface area contributed by atoms with Crippen LogP contribution in [-0.2, 0) is 10.0 Å². The lowest BCUT2D eigenvalue weighted by Crippen LogP contribution is -2.32. The second kappa shape index (κ2) is 6.81. The Balaban J connectivity index is 1.97. The Morgan fingerprint density at radius 1 is 1.12 bits per heavy atom. The molecule has 2 atom stereocenters. The first-order valence-electron chi connectivity index (χ1n) is 7.46. The number of alkyl halides is 1. The molecule has 0 N–H and O–H groups in total. The van der Waals surface area contributed by atoms with E-state index in [4.69, 9.17) is 0 Å². The average molecular weight is 429 g/mol. The molecule has 0 aliphatic carbocycles. The minimum atomic E-state index is -3.83. The van der Waals surface area contributed by atoms with E-state index in [1.807, 2.05) is 0 Å². The fourth-order valence-corrected chi connectivity index (χ4v) is 5.52. The zero-order valence-electron chi connectivity index (χ0n) is 12.9. The van der Waals surface area contributed by atoms with E-state index in [1.54, 1.807) is 12.1 Å². The van der Waals surface area contributed by atoms with E-state index in [2.05, 4.69) is 15.9 Å². The minimum absolute atomic E-state index is 0.00758. The number of benzene rings is 2. The maximum absolute atomic E-state index is 13.2. The summed E-state index contributed by atoms with van der Waals surface area (Å²) in [6, 6.07) is 10.1. The van der Waals surface area contributed by atoms with Crippen molar-refractivity contribution in [1.29, 1.82) is 0 Å². The maximum Gasteiger partial charge on any atom is 0.269 e. The Morgan fingerprint density at radius 2 is 1.72 bits per heavy atom. The summed E-state index contributed by atoms with van der Waals surface area (Å²) < 4.78 is 40.5. The first kappa shape index (κ1) is 18.0. The molecular formula is C16H14BrFN2O4S. The molecule has 0 bridgehead atoms. The second-order valence-corrected chi connectivity index (χ2v) is 8.73. The smallest absolute Gasteiger partial charge is 0.258 e. The highest BCUT2D eigenvalue weighted by Crippen LogP contribution is 2.40. The van der Waals surface area contributed by atoms with Gasteiger partial charge in [-0.15, -0.1) is 0 Å². The van der Waals surface area contributed by atoms with E-state index < -0.39 is 26.8 Å². The number of nitrogens with zero attached hydrogens (tertiary/aromatic N) is 2. The fourth-order valence-electron chi connectivity index (χ4n) is 2.91. The summed E-state index contributed by atoms with van der Waals surface area (Å²) in [5, 5.41) is 10.7. The molecule has 1 aliphatic rings. The molecular weight excluding hydrogens is 415 g/mol. The number of non-ortho nitro benzene ring substituents is 1.